The van der Waals surface area contributed by atoms with Crippen LogP contribution in [0.3, 0.4) is 0 Å². The van der Waals surface area contributed by atoms with Gasteiger partial charge >= 0.3 is 11.9 Å². The maximum atomic E-state index is 12.3. The number of ether oxygens (including phenoxy) is 2. The molecule has 28 heavy (non-hydrogen) atoms. The number of rotatable bonds is 12. The molecule has 160 valence electrons. The molecule has 0 aromatic carbocycles. The van der Waals surface area contributed by atoms with E-state index >= 15 is 0 Å². The molecule has 1 saturated heterocycles. The summed E-state index contributed by atoms with van der Waals surface area (Å²) in [4.78, 5) is 24.4. The van der Waals surface area contributed by atoms with Crippen LogP contribution in [-0.2, 0) is 19.1 Å². The zero-order valence-electron chi connectivity index (χ0n) is 17.5. The summed E-state index contributed by atoms with van der Waals surface area (Å²) in [7, 11) is 0. The van der Waals surface area contributed by atoms with Gasteiger partial charge in [0.1, 0.15) is 6.61 Å². The maximum absolute atomic E-state index is 12.3. The van der Waals surface area contributed by atoms with E-state index in [2.05, 4.69) is 6.92 Å². The Morgan fingerprint density at radius 1 is 1.14 bits per heavy atom. The number of allylic oxidation sites excluding steroid dienone is 1. The summed E-state index contributed by atoms with van der Waals surface area (Å²) >= 11 is 0. The predicted molar refractivity (Wildman–Crippen MR) is 109 cm³/mol. The van der Waals surface area contributed by atoms with Crippen molar-refractivity contribution >= 4 is 11.9 Å². The Balaban J connectivity index is 1.73. The average Bonchev–Trinajstić information content (AvgIpc) is 3.05. The molecule has 0 bridgehead atoms. The van der Waals surface area contributed by atoms with Gasteiger partial charge in [0.2, 0.25) is 0 Å². The molecule has 0 aromatic rings. The van der Waals surface area contributed by atoms with Crippen LogP contribution in [0.2, 0.25) is 0 Å². The van der Waals surface area contributed by atoms with Crippen LogP contribution in [0.1, 0.15) is 96.8 Å². The van der Waals surface area contributed by atoms with Crippen LogP contribution >= 0.6 is 0 Å². The van der Waals surface area contributed by atoms with E-state index in [4.69, 9.17) is 9.47 Å². The Hall–Kier alpha value is -1.36. The van der Waals surface area contributed by atoms with E-state index < -0.39 is 5.60 Å². The van der Waals surface area contributed by atoms with Crippen LogP contribution in [0.25, 0.3) is 0 Å². The molecule has 0 spiro atoms. The number of aliphatic hydroxyl groups is 1. The molecule has 0 amide bonds. The molecule has 1 heterocycles. The third-order valence-electron chi connectivity index (χ3n) is 5.99. The van der Waals surface area contributed by atoms with Crippen LogP contribution in [0.5, 0.6) is 0 Å². The van der Waals surface area contributed by atoms with Crippen molar-refractivity contribution in [1.82, 2.24) is 0 Å². The van der Waals surface area contributed by atoms with Gasteiger partial charge in [-0.25, -0.2) is 4.79 Å². The highest BCUT2D eigenvalue weighted by Crippen LogP contribution is 2.32. The summed E-state index contributed by atoms with van der Waals surface area (Å²) < 4.78 is 10.9. The molecule has 1 saturated carbocycles. The van der Waals surface area contributed by atoms with E-state index in [0.717, 1.165) is 38.5 Å². The third-order valence-corrected chi connectivity index (χ3v) is 5.99. The number of hydrogen-bond donors (Lipinski definition) is 1. The van der Waals surface area contributed by atoms with Crippen LogP contribution in [-0.4, -0.2) is 35.9 Å². The highest BCUT2D eigenvalue weighted by molar-refractivity contribution is 5.91. The van der Waals surface area contributed by atoms with Gasteiger partial charge in [0.25, 0.3) is 0 Å². The van der Waals surface area contributed by atoms with Gasteiger partial charge in [-0.1, -0.05) is 70.8 Å². The molecule has 1 atom stereocenters. The van der Waals surface area contributed by atoms with Crippen molar-refractivity contribution in [2.24, 2.45) is 5.92 Å². The first kappa shape index (κ1) is 22.9. The molecule has 2 aliphatic rings. The Bertz CT molecular complexity index is 521. The second-order valence-corrected chi connectivity index (χ2v) is 8.49. The van der Waals surface area contributed by atoms with Crippen molar-refractivity contribution in [3.8, 4) is 0 Å². The molecular weight excluding hydrogens is 356 g/mol. The fourth-order valence-corrected chi connectivity index (χ4v) is 4.12. The monoisotopic (exact) mass is 394 g/mol. The number of hydrogen-bond acceptors (Lipinski definition) is 5. The van der Waals surface area contributed by atoms with E-state index in [1.54, 1.807) is 0 Å². The van der Waals surface area contributed by atoms with Gasteiger partial charge in [0.05, 0.1) is 12.5 Å². The molecular formula is C23H38O5. The van der Waals surface area contributed by atoms with E-state index in [-0.39, 0.29) is 31.1 Å². The normalized spacial score (nSPS) is 24.5. The Morgan fingerprint density at radius 3 is 2.50 bits per heavy atom. The lowest BCUT2D eigenvalue weighted by molar-refractivity contribution is -0.169. The quantitative estimate of drug-likeness (QED) is 0.291. The first-order chi connectivity index (χ1) is 13.6. The molecule has 1 N–H and O–H groups in total. The summed E-state index contributed by atoms with van der Waals surface area (Å²) in [5.41, 5.74) is -0.498. The first-order valence-corrected chi connectivity index (χ1v) is 11.3. The average molecular weight is 395 g/mol. The SMILES string of the molecule is CCCCCCCCC/C=C1\CC(CO)(COC(=O)C2CCCCC2)OC1=O. The summed E-state index contributed by atoms with van der Waals surface area (Å²) in [5.74, 6) is -0.649. The number of esters is 2. The molecule has 2 fully saturated rings. The zero-order valence-corrected chi connectivity index (χ0v) is 17.5. The van der Waals surface area contributed by atoms with Gasteiger partial charge in [0.15, 0.2) is 5.60 Å². The number of aliphatic hydroxyl groups excluding tert-OH is 1. The smallest absolute Gasteiger partial charge is 0.334 e. The van der Waals surface area contributed by atoms with Crippen molar-refractivity contribution < 1.29 is 24.2 Å². The lowest BCUT2D eigenvalue weighted by Gasteiger charge is -2.26. The minimum absolute atomic E-state index is 0.0473. The second kappa shape index (κ2) is 12.3. The molecule has 1 unspecified atom stereocenters. The standard InChI is InChI=1S/C23H38O5/c1-2-3-4-5-6-7-8-10-15-20-16-23(17-24,28-22(20)26)18-27-21(25)19-13-11-9-12-14-19/h15,19,24H,2-14,16-18H2,1H3/b20-15+. The highest BCUT2D eigenvalue weighted by Gasteiger charge is 2.44. The van der Waals surface area contributed by atoms with Gasteiger partial charge in [-0.05, 0) is 25.7 Å². The summed E-state index contributed by atoms with van der Waals surface area (Å²) in [6.45, 7) is 1.83. The van der Waals surface area contributed by atoms with Crippen LogP contribution in [0.15, 0.2) is 11.6 Å². The van der Waals surface area contributed by atoms with E-state index in [1.165, 1.54) is 44.9 Å². The van der Waals surface area contributed by atoms with Crippen LogP contribution < -0.4 is 0 Å². The molecule has 1 aliphatic carbocycles. The molecule has 0 radical (unpaired) electrons. The van der Waals surface area contributed by atoms with Gasteiger partial charge in [0, 0.05) is 12.0 Å². The lowest BCUT2D eigenvalue weighted by Crippen LogP contribution is -2.40. The molecule has 0 aromatic heterocycles. The molecule has 5 heteroatoms. The minimum atomic E-state index is -1.10. The van der Waals surface area contributed by atoms with Crippen molar-refractivity contribution in [2.75, 3.05) is 13.2 Å². The summed E-state index contributed by atoms with van der Waals surface area (Å²) in [5, 5.41) is 9.79. The van der Waals surface area contributed by atoms with Crippen molar-refractivity contribution in [3.05, 3.63) is 11.6 Å². The largest absolute Gasteiger partial charge is 0.461 e. The minimum Gasteiger partial charge on any atom is -0.461 e. The Morgan fingerprint density at radius 2 is 1.82 bits per heavy atom. The van der Waals surface area contributed by atoms with E-state index in [1.807, 2.05) is 6.08 Å². The maximum Gasteiger partial charge on any atom is 0.334 e. The summed E-state index contributed by atoms with van der Waals surface area (Å²) in [6.07, 6.45) is 16.8. The van der Waals surface area contributed by atoms with Crippen LogP contribution in [0.4, 0.5) is 0 Å². The van der Waals surface area contributed by atoms with Crippen molar-refractivity contribution in [2.45, 2.75) is 102 Å². The first-order valence-electron chi connectivity index (χ1n) is 11.3. The fourth-order valence-electron chi connectivity index (χ4n) is 4.12. The molecule has 5 nitrogen and oxygen atoms in total. The Labute approximate surface area is 169 Å². The second-order valence-electron chi connectivity index (χ2n) is 8.49. The summed E-state index contributed by atoms with van der Waals surface area (Å²) in [6, 6.07) is 0. The van der Waals surface area contributed by atoms with Crippen molar-refractivity contribution in [1.29, 1.82) is 0 Å². The number of cyclic esters (lactones) is 1. The van der Waals surface area contributed by atoms with E-state index in [0.29, 0.717) is 12.0 Å². The van der Waals surface area contributed by atoms with Gasteiger partial charge in [-0.3, -0.25) is 4.79 Å². The molecule has 1 aliphatic heterocycles. The topological polar surface area (TPSA) is 72.8 Å². The number of carbonyl (C=O) groups is 2. The van der Waals surface area contributed by atoms with Crippen LogP contribution in [0, 0.1) is 5.92 Å². The van der Waals surface area contributed by atoms with Gasteiger partial charge < -0.3 is 14.6 Å². The van der Waals surface area contributed by atoms with E-state index in [9.17, 15) is 14.7 Å². The number of unbranched alkanes of at least 4 members (excludes halogenated alkanes) is 7. The van der Waals surface area contributed by atoms with Gasteiger partial charge in [-0.15, -0.1) is 0 Å². The van der Waals surface area contributed by atoms with Gasteiger partial charge in [-0.2, -0.15) is 0 Å². The fraction of sp³-hybridized carbons (Fsp3) is 0.826. The molecule has 2 rings (SSSR count). The zero-order chi connectivity index (χ0) is 20.2. The Kier molecular flexibility index (Phi) is 10.0. The highest BCUT2D eigenvalue weighted by atomic mass is 16.6. The number of carbonyl (C=O) groups excluding carboxylic acids is 2. The third kappa shape index (κ3) is 7.23. The van der Waals surface area contributed by atoms with Crippen molar-refractivity contribution in [3.63, 3.8) is 0 Å². The lowest BCUT2D eigenvalue weighted by atomic mass is 9.89. The predicted octanol–water partition coefficient (Wildman–Crippen LogP) is 4.86.